The van der Waals surface area contributed by atoms with E-state index < -0.39 is 12.3 Å². The molecule has 0 heterocycles. The Morgan fingerprint density at radius 2 is 1.61 bits per heavy atom. The number of hydrogen-bond donors (Lipinski definition) is 3. The number of likely N-dealkylation sites (N-methyl/N-ethyl adjacent to an activating group) is 1. The summed E-state index contributed by atoms with van der Waals surface area (Å²) in [6, 6.07) is 12.6. The van der Waals surface area contributed by atoms with E-state index in [4.69, 9.17) is 16.3 Å². The van der Waals surface area contributed by atoms with Crippen LogP contribution in [0, 0.1) is 0 Å². The number of benzene rings is 2. The number of ether oxygens (including phenoxy) is 2. The highest BCUT2D eigenvalue weighted by atomic mass is 32.2. The Bertz CT molecular complexity index is 901. The average Bonchev–Trinajstić information content (AvgIpc) is 2.68. The summed E-state index contributed by atoms with van der Waals surface area (Å²) in [6.07, 6.45) is -4.73. The van der Waals surface area contributed by atoms with Crippen molar-refractivity contribution >= 4 is 17.7 Å². The zero-order valence-corrected chi connectivity index (χ0v) is 17.7. The molecule has 0 amide bonds. The molecule has 2 aromatic carbocycles. The van der Waals surface area contributed by atoms with Gasteiger partial charge in [-0.05, 0) is 49.5 Å². The third-order valence-electron chi connectivity index (χ3n) is 3.87. The van der Waals surface area contributed by atoms with Gasteiger partial charge >= 0.3 is 12.3 Å². The van der Waals surface area contributed by atoms with Gasteiger partial charge in [-0.15, -0.1) is 13.2 Å². The molecule has 0 aliphatic rings. The van der Waals surface area contributed by atoms with E-state index in [2.05, 4.69) is 10.2 Å². The molecule has 0 aliphatic carbocycles. The molecule has 0 bridgehead atoms. The molecule has 31 heavy (non-hydrogen) atoms. The van der Waals surface area contributed by atoms with Crippen LogP contribution in [0.2, 0.25) is 0 Å². The molecule has 0 fully saturated rings. The molecule has 0 radical (unpaired) electrons. The van der Waals surface area contributed by atoms with E-state index >= 15 is 0 Å². The van der Waals surface area contributed by atoms with Gasteiger partial charge in [0.1, 0.15) is 17.4 Å². The molecule has 168 valence electrons. The molecule has 11 heteroatoms. The summed E-state index contributed by atoms with van der Waals surface area (Å²) in [5.74, 6) is 4.47. The zero-order valence-electron chi connectivity index (χ0n) is 16.9. The van der Waals surface area contributed by atoms with Gasteiger partial charge in [0.2, 0.25) is 0 Å². The number of esters is 1. The van der Waals surface area contributed by atoms with Crippen LogP contribution >= 0.6 is 11.8 Å². The normalized spacial score (nSPS) is 12.4. The van der Waals surface area contributed by atoms with Gasteiger partial charge in [0.05, 0.1) is 0 Å². The Balaban J connectivity index is 2.05. The summed E-state index contributed by atoms with van der Waals surface area (Å²) in [5.41, 5.74) is 9.71. The molecule has 0 saturated carbocycles. The molecular weight excluding hydrogens is 433 g/mol. The Labute approximate surface area is 182 Å². The van der Waals surface area contributed by atoms with E-state index in [0.717, 1.165) is 22.2 Å². The second-order valence-electron chi connectivity index (χ2n) is 6.52. The molecule has 0 unspecified atom stereocenters. The molecular formula is C20H23F3N4O3S. The maximum absolute atomic E-state index is 12.3. The van der Waals surface area contributed by atoms with Crippen molar-refractivity contribution < 1.29 is 27.4 Å². The van der Waals surface area contributed by atoms with Gasteiger partial charge in [-0.2, -0.15) is 0 Å². The Morgan fingerprint density at radius 1 is 1.06 bits per heavy atom. The minimum atomic E-state index is -4.73. The van der Waals surface area contributed by atoms with Gasteiger partial charge in [-0.3, -0.25) is 5.84 Å². The van der Waals surface area contributed by atoms with Crippen LogP contribution in [0.4, 0.5) is 13.2 Å². The number of alkyl halides is 3. The lowest BCUT2D eigenvalue weighted by atomic mass is 10.1. The summed E-state index contributed by atoms with van der Waals surface area (Å²) >= 11 is 1.12. The number of carbonyl (C=O) groups is 1. The van der Waals surface area contributed by atoms with Crippen LogP contribution in [0.25, 0.3) is 11.1 Å². The summed E-state index contributed by atoms with van der Waals surface area (Å²) in [4.78, 5) is 14.7. The third-order valence-corrected chi connectivity index (χ3v) is 4.80. The molecule has 5 N–H and O–H groups in total. The second kappa shape index (κ2) is 10.9. The lowest BCUT2D eigenvalue weighted by molar-refractivity contribution is -0.274. The van der Waals surface area contributed by atoms with Crippen LogP contribution in [0.5, 0.6) is 5.75 Å². The first-order valence-electron chi connectivity index (χ1n) is 9.01. The van der Waals surface area contributed by atoms with E-state index in [0.29, 0.717) is 12.1 Å². The monoisotopic (exact) mass is 456 g/mol. The maximum atomic E-state index is 12.3. The quantitative estimate of drug-likeness (QED) is 0.174. The van der Waals surface area contributed by atoms with Crippen molar-refractivity contribution in [2.24, 2.45) is 11.6 Å². The van der Waals surface area contributed by atoms with Gasteiger partial charge in [0.15, 0.2) is 5.70 Å². The van der Waals surface area contributed by atoms with Crippen molar-refractivity contribution in [1.82, 2.24) is 10.3 Å². The number of nitrogens with two attached hydrogens (primary N) is 2. The predicted octanol–water partition coefficient (Wildman–Crippen LogP) is 3.04. The topological polar surface area (TPSA) is 103 Å². The number of nitrogens with one attached hydrogen (secondary N) is 1. The second-order valence-corrected chi connectivity index (χ2v) is 7.64. The van der Waals surface area contributed by atoms with Crippen LogP contribution in [0.1, 0.15) is 0 Å². The van der Waals surface area contributed by atoms with Crippen molar-refractivity contribution in [3.05, 3.63) is 59.3 Å². The highest BCUT2D eigenvalue weighted by Crippen LogP contribution is 2.30. The van der Waals surface area contributed by atoms with Crippen LogP contribution in [-0.2, 0) is 9.53 Å². The number of hydrazine groups is 1. The summed E-state index contributed by atoms with van der Waals surface area (Å²) in [6.45, 7) is 0.748. The summed E-state index contributed by atoms with van der Waals surface area (Å²) in [7, 11) is 3.70. The molecule has 7 nitrogen and oxygen atoms in total. The number of hydrogen-bond acceptors (Lipinski definition) is 8. The van der Waals surface area contributed by atoms with Gasteiger partial charge in [0.25, 0.3) is 0 Å². The molecule has 0 spiro atoms. The molecule has 0 aliphatic heterocycles. The minimum absolute atomic E-state index is 0.0481. The molecule has 0 saturated heterocycles. The standard InChI is InChI=1S/C20H23F3N4O3S/c1-27(2)11-12-29-19(28)17(26-25)18(24)31-16-9-5-14(6-10-16)13-3-7-15(8-4-13)30-20(21,22)23/h3-10,26H,11-12,24-25H2,1-2H3/b18-17+. The Morgan fingerprint density at radius 3 is 2.10 bits per heavy atom. The fraction of sp³-hybridized carbons (Fsp3) is 0.250. The van der Waals surface area contributed by atoms with E-state index in [1.165, 1.54) is 24.3 Å². The lowest BCUT2D eigenvalue weighted by Crippen LogP contribution is -2.32. The zero-order chi connectivity index (χ0) is 23.0. The molecule has 2 aromatic rings. The van der Waals surface area contributed by atoms with Crippen LogP contribution in [-0.4, -0.2) is 44.5 Å². The highest BCUT2D eigenvalue weighted by molar-refractivity contribution is 8.03. The number of nitrogens with zero attached hydrogens (tertiary/aromatic N) is 1. The minimum Gasteiger partial charge on any atom is -0.460 e. The van der Waals surface area contributed by atoms with Crippen molar-refractivity contribution in [2.45, 2.75) is 11.3 Å². The summed E-state index contributed by atoms with van der Waals surface area (Å²) in [5, 5.41) is 0.138. The van der Waals surface area contributed by atoms with Crippen LogP contribution in [0.3, 0.4) is 0 Å². The number of halogens is 3. The predicted molar refractivity (Wildman–Crippen MR) is 112 cm³/mol. The Kier molecular flexibility index (Phi) is 8.60. The lowest BCUT2D eigenvalue weighted by Gasteiger charge is -2.13. The number of carbonyl (C=O) groups excluding carboxylic acids is 1. The number of thioether (sulfide) groups is 1. The van der Waals surface area contributed by atoms with Gasteiger partial charge in [-0.25, -0.2) is 4.79 Å². The van der Waals surface area contributed by atoms with Crippen LogP contribution < -0.4 is 21.7 Å². The molecule has 0 atom stereocenters. The van der Waals surface area contributed by atoms with Crippen molar-refractivity contribution in [3.8, 4) is 16.9 Å². The molecule has 0 aromatic heterocycles. The van der Waals surface area contributed by atoms with Gasteiger partial charge < -0.3 is 25.5 Å². The largest absolute Gasteiger partial charge is 0.573 e. The third kappa shape index (κ3) is 8.04. The van der Waals surface area contributed by atoms with Crippen molar-refractivity contribution in [1.29, 1.82) is 0 Å². The average molecular weight is 456 g/mol. The summed E-state index contributed by atoms with van der Waals surface area (Å²) < 4.78 is 45.8. The number of rotatable bonds is 9. The van der Waals surface area contributed by atoms with Gasteiger partial charge in [0, 0.05) is 11.4 Å². The highest BCUT2D eigenvalue weighted by Gasteiger charge is 2.30. The van der Waals surface area contributed by atoms with Crippen molar-refractivity contribution in [2.75, 3.05) is 27.2 Å². The van der Waals surface area contributed by atoms with Gasteiger partial charge in [-0.1, -0.05) is 36.0 Å². The maximum Gasteiger partial charge on any atom is 0.573 e. The SMILES string of the molecule is CN(C)CCOC(=O)/C(NN)=C(/N)Sc1ccc(-c2ccc(OC(F)(F)F)cc2)cc1. The fourth-order valence-electron chi connectivity index (χ4n) is 2.37. The van der Waals surface area contributed by atoms with E-state index in [1.54, 1.807) is 24.3 Å². The first-order chi connectivity index (χ1) is 14.6. The smallest absolute Gasteiger partial charge is 0.460 e. The fourth-order valence-corrected chi connectivity index (χ4v) is 3.14. The van der Waals surface area contributed by atoms with Crippen LogP contribution in [0.15, 0.2) is 64.2 Å². The first-order valence-corrected chi connectivity index (χ1v) is 9.83. The van der Waals surface area contributed by atoms with Crippen molar-refractivity contribution in [3.63, 3.8) is 0 Å². The first kappa shape index (κ1) is 24.4. The molecule has 2 rings (SSSR count). The Hall–Kier alpha value is -2.89. The van der Waals surface area contributed by atoms with E-state index in [9.17, 15) is 18.0 Å². The van der Waals surface area contributed by atoms with E-state index in [1.807, 2.05) is 19.0 Å². The van der Waals surface area contributed by atoms with E-state index in [-0.39, 0.29) is 23.1 Å².